The van der Waals surface area contributed by atoms with Crippen LogP contribution in [-0.2, 0) is 14.3 Å². The zero-order valence-corrected chi connectivity index (χ0v) is 22.3. The summed E-state index contributed by atoms with van der Waals surface area (Å²) in [5, 5.41) is 6.58. The Labute approximate surface area is 220 Å². The number of carbonyl (C=O) groups is 3. The van der Waals surface area contributed by atoms with E-state index in [1.807, 2.05) is 18.2 Å². The minimum atomic E-state index is -0.768. The second-order valence-electron chi connectivity index (χ2n) is 10.8. The summed E-state index contributed by atoms with van der Waals surface area (Å²) < 4.78 is 5.25. The molecule has 200 valence electrons. The van der Waals surface area contributed by atoms with Crippen LogP contribution in [0.15, 0.2) is 47.5 Å². The number of hydrogen-bond donors (Lipinski definition) is 3. The quantitative estimate of drug-likeness (QED) is 0.436. The van der Waals surface area contributed by atoms with Crippen LogP contribution >= 0.6 is 0 Å². The van der Waals surface area contributed by atoms with Crippen molar-refractivity contribution in [3.8, 4) is 0 Å². The van der Waals surface area contributed by atoms with Gasteiger partial charge in [-0.15, -0.1) is 0 Å². The summed E-state index contributed by atoms with van der Waals surface area (Å²) in [4.78, 5) is 59.0. The maximum atomic E-state index is 13.3. The van der Waals surface area contributed by atoms with Gasteiger partial charge in [0.25, 0.3) is 5.56 Å². The molecule has 0 radical (unpaired) electrons. The van der Waals surface area contributed by atoms with Crippen LogP contribution in [0.3, 0.4) is 0 Å². The number of fused-ring (bicyclic) bond motifs is 1. The number of piperidine rings is 1. The van der Waals surface area contributed by atoms with Crippen LogP contribution in [0, 0.1) is 12.8 Å². The maximum absolute atomic E-state index is 13.3. The van der Waals surface area contributed by atoms with Crippen molar-refractivity contribution >= 4 is 40.2 Å². The van der Waals surface area contributed by atoms with Crippen molar-refractivity contribution in [1.29, 1.82) is 0 Å². The van der Waals surface area contributed by atoms with Crippen molar-refractivity contribution in [3.63, 3.8) is 0 Å². The number of aryl methyl sites for hydroxylation is 1. The molecule has 1 unspecified atom stereocenters. The minimum Gasteiger partial charge on any atom is -0.444 e. The molecule has 2 atom stereocenters. The number of benzene rings is 1. The Morgan fingerprint density at radius 2 is 1.87 bits per heavy atom. The molecule has 3 aromatic rings. The lowest BCUT2D eigenvalue weighted by Crippen LogP contribution is -2.46. The van der Waals surface area contributed by atoms with Crippen LogP contribution in [-0.4, -0.2) is 44.9 Å². The number of nitrogens with one attached hydrogen (secondary N) is 3. The highest BCUT2D eigenvalue weighted by Gasteiger charge is 2.34. The molecule has 38 heavy (non-hydrogen) atoms. The Hall–Kier alpha value is -4.21. The van der Waals surface area contributed by atoms with Gasteiger partial charge in [0.15, 0.2) is 0 Å². The van der Waals surface area contributed by atoms with Crippen LogP contribution in [0.2, 0.25) is 0 Å². The third-order valence-electron chi connectivity index (χ3n) is 6.41. The van der Waals surface area contributed by atoms with E-state index >= 15 is 0 Å². The summed E-state index contributed by atoms with van der Waals surface area (Å²) >= 11 is 0. The van der Waals surface area contributed by atoms with Crippen molar-refractivity contribution in [2.45, 2.75) is 59.1 Å². The normalized spacial score (nSPS) is 17.7. The zero-order chi connectivity index (χ0) is 27.6. The van der Waals surface area contributed by atoms with Crippen molar-refractivity contribution in [2.24, 2.45) is 5.92 Å². The number of aromatic amines is 1. The Morgan fingerprint density at radius 3 is 2.58 bits per heavy atom. The largest absolute Gasteiger partial charge is 0.444 e. The Bertz CT molecular complexity index is 1440. The average Bonchev–Trinajstić information content (AvgIpc) is 2.84. The second kappa shape index (κ2) is 10.6. The number of hydrogen-bond acceptors (Lipinski definition) is 6. The Morgan fingerprint density at radius 1 is 1.11 bits per heavy atom. The number of aromatic nitrogens is 2. The molecule has 3 N–H and O–H groups in total. The Kier molecular flexibility index (Phi) is 7.52. The number of carbonyl (C=O) groups excluding carboxylic acids is 3. The summed E-state index contributed by atoms with van der Waals surface area (Å²) in [5.41, 5.74) is 0.987. The fraction of sp³-hybridized carbons (Fsp3) is 0.393. The fourth-order valence-corrected chi connectivity index (χ4v) is 4.63. The number of anilines is 2. The van der Waals surface area contributed by atoms with Gasteiger partial charge in [0.1, 0.15) is 11.4 Å². The summed E-state index contributed by atoms with van der Waals surface area (Å²) in [5.74, 6) is -0.867. The van der Waals surface area contributed by atoms with Crippen LogP contribution in [0.4, 0.5) is 16.3 Å². The highest BCUT2D eigenvalue weighted by Crippen LogP contribution is 2.34. The van der Waals surface area contributed by atoms with E-state index in [0.29, 0.717) is 35.4 Å². The lowest BCUT2D eigenvalue weighted by molar-refractivity contribution is -0.146. The van der Waals surface area contributed by atoms with Crippen molar-refractivity contribution in [1.82, 2.24) is 14.9 Å². The first-order valence-electron chi connectivity index (χ1n) is 12.6. The molecule has 2 aromatic heterocycles. The van der Waals surface area contributed by atoms with Crippen LogP contribution < -0.4 is 16.2 Å². The van der Waals surface area contributed by atoms with Gasteiger partial charge in [-0.2, -0.15) is 0 Å². The number of ether oxygens (including phenoxy) is 1. The molecule has 0 saturated carbocycles. The van der Waals surface area contributed by atoms with E-state index < -0.39 is 23.5 Å². The van der Waals surface area contributed by atoms with Gasteiger partial charge in [-0.3, -0.25) is 19.7 Å². The topological polar surface area (TPSA) is 133 Å². The first kappa shape index (κ1) is 26.8. The zero-order valence-electron chi connectivity index (χ0n) is 22.3. The molecular weight excluding hydrogens is 486 g/mol. The molecule has 1 aromatic carbocycles. The molecule has 1 fully saturated rings. The molecule has 10 heteroatoms. The van der Waals surface area contributed by atoms with E-state index in [2.05, 4.69) is 27.5 Å². The van der Waals surface area contributed by atoms with Gasteiger partial charge in [-0.1, -0.05) is 13.0 Å². The standard InChI is InChI=1S/C28H33N5O5/c1-16-6-9-22(19-7-8-21-18(13-19)10-11-29-24(21)34)33(15-16)26(36)25(35)31-20-12-17(2)23(30-14-20)32-27(37)38-28(3,4)5/h7-8,10-14,16,22H,6,9,15H2,1-5H3,(H,29,34)(H,31,35)(H,30,32,37)/t16-,22?/m1/s1. The highest BCUT2D eigenvalue weighted by atomic mass is 16.6. The van der Waals surface area contributed by atoms with Gasteiger partial charge in [0.2, 0.25) is 0 Å². The van der Waals surface area contributed by atoms with E-state index in [0.717, 1.165) is 17.4 Å². The molecule has 4 rings (SSSR count). The van der Waals surface area contributed by atoms with Crippen molar-refractivity contribution in [3.05, 3.63) is 64.2 Å². The third kappa shape index (κ3) is 6.19. The van der Waals surface area contributed by atoms with Gasteiger partial charge in [-0.05, 0) is 87.2 Å². The Balaban J connectivity index is 1.49. The molecule has 0 aliphatic carbocycles. The predicted molar refractivity (Wildman–Crippen MR) is 145 cm³/mol. The molecule has 0 bridgehead atoms. The molecule has 3 heterocycles. The van der Waals surface area contributed by atoms with Gasteiger partial charge >= 0.3 is 17.9 Å². The van der Waals surface area contributed by atoms with Crippen LogP contribution in [0.5, 0.6) is 0 Å². The van der Waals surface area contributed by atoms with Gasteiger partial charge in [0, 0.05) is 18.1 Å². The molecule has 0 spiro atoms. The van der Waals surface area contributed by atoms with E-state index in [4.69, 9.17) is 4.74 Å². The number of nitrogens with zero attached hydrogens (tertiary/aromatic N) is 2. The van der Waals surface area contributed by atoms with Crippen LogP contribution in [0.25, 0.3) is 10.8 Å². The summed E-state index contributed by atoms with van der Waals surface area (Å²) in [7, 11) is 0. The minimum absolute atomic E-state index is 0.171. The monoisotopic (exact) mass is 519 g/mol. The van der Waals surface area contributed by atoms with Crippen molar-refractivity contribution in [2.75, 3.05) is 17.2 Å². The van der Waals surface area contributed by atoms with E-state index in [1.165, 1.54) is 6.20 Å². The number of likely N-dealkylation sites (tertiary alicyclic amines) is 1. The number of rotatable bonds is 3. The molecule has 1 aliphatic rings. The van der Waals surface area contributed by atoms with E-state index in [1.54, 1.807) is 50.9 Å². The highest BCUT2D eigenvalue weighted by molar-refractivity contribution is 6.39. The van der Waals surface area contributed by atoms with Gasteiger partial charge in [0.05, 0.1) is 17.9 Å². The maximum Gasteiger partial charge on any atom is 0.413 e. The van der Waals surface area contributed by atoms with Crippen molar-refractivity contribution < 1.29 is 19.1 Å². The summed E-state index contributed by atoms with van der Waals surface area (Å²) in [6, 6.07) is 8.68. The number of H-pyrrole nitrogens is 1. The molecule has 10 nitrogen and oxygen atoms in total. The molecule has 1 aliphatic heterocycles. The number of amides is 3. The smallest absolute Gasteiger partial charge is 0.413 e. The first-order chi connectivity index (χ1) is 17.9. The second-order valence-corrected chi connectivity index (χ2v) is 10.8. The van der Waals surface area contributed by atoms with E-state index in [-0.39, 0.29) is 17.5 Å². The molecule has 1 saturated heterocycles. The van der Waals surface area contributed by atoms with E-state index in [9.17, 15) is 19.2 Å². The third-order valence-corrected chi connectivity index (χ3v) is 6.41. The van der Waals surface area contributed by atoms with Crippen LogP contribution in [0.1, 0.15) is 57.7 Å². The molecule has 3 amide bonds. The first-order valence-corrected chi connectivity index (χ1v) is 12.6. The summed E-state index contributed by atoms with van der Waals surface area (Å²) in [6.45, 7) is 9.51. The predicted octanol–water partition coefficient (Wildman–Crippen LogP) is 4.52. The van der Waals surface area contributed by atoms with Gasteiger partial charge in [-0.25, -0.2) is 9.78 Å². The fourth-order valence-electron chi connectivity index (χ4n) is 4.63. The lowest BCUT2D eigenvalue weighted by atomic mass is 9.89. The number of pyridine rings is 2. The average molecular weight is 520 g/mol. The lowest BCUT2D eigenvalue weighted by Gasteiger charge is -2.38. The van der Waals surface area contributed by atoms with Gasteiger partial charge < -0.3 is 19.9 Å². The molecular formula is C28H33N5O5. The summed E-state index contributed by atoms with van der Waals surface area (Å²) in [6.07, 6.45) is 3.96. The SMILES string of the molecule is Cc1cc(NC(=O)C(=O)N2C[C@H](C)CCC2c2ccc3c(=O)[nH]ccc3c2)cnc1NC(=O)OC(C)(C)C.